The Balaban J connectivity index is 2.16. The molecule has 94 valence electrons. The second kappa shape index (κ2) is 6.17. The van der Waals surface area contributed by atoms with Gasteiger partial charge in [-0.15, -0.1) is 0 Å². The highest BCUT2D eigenvalue weighted by Crippen LogP contribution is 2.23. The van der Waals surface area contributed by atoms with Crippen LogP contribution in [0, 0.1) is 0 Å². The van der Waals surface area contributed by atoms with Gasteiger partial charge in [-0.3, -0.25) is 0 Å². The van der Waals surface area contributed by atoms with E-state index in [1.807, 2.05) is 42.5 Å². The SMILES string of the molecule is CCc1ccccc1C(O)Cc1ccc(Br)cc1. The maximum Gasteiger partial charge on any atom is 0.0833 e. The number of aryl methyl sites for hydroxylation is 1. The molecule has 0 spiro atoms. The summed E-state index contributed by atoms with van der Waals surface area (Å²) in [5, 5.41) is 10.3. The molecule has 0 radical (unpaired) electrons. The maximum absolute atomic E-state index is 10.3. The van der Waals surface area contributed by atoms with Gasteiger partial charge in [0.1, 0.15) is 0 Å². The monoisotopic (exact) mass is 304 g/mol. The molecule has 0 saturated carbocycles. The third-order valence-corrected chi connectivity index (χ3v) is 3.67. The van der Waals surface area contributed by atoms with Crippen LogP contribution in [-0.4, -0.2) is 5.11 Å². The molecule has 0 aromatic heterocycles. The lowest BCUT2D eigenvalue weighted by atomic mass is 9.96. The second-order valence-electron chi connectivity index (χ2n) is 4.40. The largest absolute Gasteiger partial charge is 0.388 e. The zero-order valence-corrected chi connectivity index (χ0v) is 12.0. The molecule has 18 heavy (non-hydrogen) atoms. The molecule has 0 aliphatic heterocycles. The van der Waals surface area contributed by atoms with Crippen molar-refractivity contribution < 1.29 is 5.11 Å². The highest BCUT2D eigenvalue weighted by molar-refractivity contribution is 9.10. The van der Waals surface area contributed by atoms with Gasteiger partial charge in [-0.05, 0) is 35.2 Å². The fourth-order valence-corrected chi connectivity index (χ4v) is 2.40. The summed E-state index contributed by atoms with van der Waals surface area (Å²) in [6.07, 6.45) is 1.18. The molecule has 1 N–H and O–H groups in total. The number of hydrogen-bond donors (Lipinski definition) is 1. The highest BCUT2D eigenvalue weighted by atomic mass is 79.9. The molecule has 2 aromatic rings. The van der Waals surface area contributed by atoms with E-state index >= 15 is 0 Å². The predicted molar refractivity (Wildman–Crippen MR) is 78.6 cm³/mol. The van der Waals surface area contributed by atoms with Crippen molar-refractivity contribution in [3.63, 3.8) is 0 Å². The van der Waals surface area contributed by atoms with Gasteiger partial charge in [-0.2, -0.15) is 0 Å². The molecule has 0 bridgehead atoms. The van der Waals surface area contributed by atoms with E-state index < -0.39 is 6.10 Å². The van der Waals surface area contributed by atoms with E-state index in [0.717, 1.165) is 22.0 Å². The zero-order chi connectivity index (χ0) is 13.0. The van der Waals surface area contributed by atoms with Gasteiger partial charge in [-0.25, -0.2) is 0 Å². The van der Waals surface area contributed by atoms with Gasteiger partial charge in [0.25, 0.3) is 0 Å². The Hall–Kier alpha value is -1.12. The lowest BCUT2D eigenvalue weighted by Crippen LogP contribution is -2.04. The van der Waals surface area contributed by atoms with Crippen LogP contribution >= 0.6 is 15.9 Å². The molecule has 1 nitrogen and oxygen atoms in total. The molecule has 2 heteroatoms. The molecular weight excluding hydrogens is 288 g/mol. The van der Waals surface area contributed by atoms with Crippen LogP contribution in [0.2, 0.25) is 0 Å². The van der Waals surface area contributed by atoms with E-state index in [0.29, 0.717) is 6.42 Å². The van der Waals surface area contributed by atoms with Crippen LogP contribution in [0.3, 0.4) is 0 Å². The van der Waals surface area contributed by atoms with Crippen molar-refractivity contribution in [1.29, 1.82) is 0 Å². The van der Waals surface area contributed by atoms with Gasteiger partial charge in [0.05, 0.1) is 6.10 Å². The van der Waals surface area contributed by atoms with Crippen LogP contribution < -0.4 is 0 Å². The number of hydrogen-bond acceptors (Lipinski definition) is 1. The van der Waals surface area contributed by atoms with Gasteiger partial charge in [0, 0.05) is 10.9 Å². The van der Waals surface area contributed by atoms with Gasteiger partial charge in [-0.1, -0.05) is 59.3 Å². The topological polar surface area (TPSA) is 20.2 Å². The van der Waals surface area contributed by atoms with E-state index in [9.17, 15) is 5.11 Å². The molecule has 0 aliphatic carbocycles. The van der Waals surface area contributed by atoms with E-state index in [1.165, 1.54) is 5.56 Å². The third kappa shape index (κ3) is 3.21. The van der Waals surface area contributed by atoms with Crippen LogP contribution in [0.5, 0.6) is 0 Å². The van der Waals surface area contributed by atoms with Crippen LogP contribution in [0.4, 0.5) is 0 Å². The summed E-state index contributed by atoms with van der Waals surface area (Å²) in [6, 6.07) is 16.2. The first kappa shape index (κ1) is 13.3. The van der Waals surface area contributed by atoms with E-state index in [4.69, 9.17) is 0 Å². The Morgan fingerprint density at radius 1 is 1.06 bits per heavy atom. The molecule has 1 unspecified atom stereocenters. The fourth-order valence-electron chi connectivity index (χ4n) is 2.13. The summed E-state index contributed by atoms with van der Waals surface area (Å²) in [6.45, 7) is 2.12. The van der Waals surface area contributed by atoms with Crippen LogP contribution in [0.1, 0.15) is 29.7 Å². The molecule has 0 saturated heterocycles. The molecule has 2 rings (SSSR count). The third-order valence-electron chi connectivity index (χ3n) is 3.14. The van der Waals surface area contributed by atoms with Gasteiger partial charge >= 0.3 is 0 Å². The van der Waals surface area contributed by atoms with Gasteiger partial charge in [0.15, 0.2) is 0 Å². The smallest absolute Gasteiger partial charge is 0.0833 e. The van der Waals surface area contributed by atoms with Crippen molar-refractivity contribution in [2.24, 2.45) is 0 Å². The van der Waals surface area contributed by atoms with E-state index in [-0.39, 0.29) is 0 Å². The quantitative estimate of drug-likeness (QED) is 0.893. The Morgan fingerprint density at radius 2 is 1.72 bits per heavy atom. The van der Waals surface area contributed by atoms with Gasteiger partial charge < -0.3 is 5.11 Å². The van der Waals surface area contributed by atoms with Crippen molar-refractivity contribution in [3.8, 4) is 0 Å². The first-order valence-electron chi connectivity index (χ1n) is 6.21. The van der Waals surface area contributed by atoms with Crippen molar-refractivity contribution in [2.45, 2.75) is 25.9 Å². The molecule has 1 atom stereocenters. The Labute approximate surface area is 117 Å². The fraction of sp³-hybridized carbons (Fsp3) is 0.250. The van der Waals surface area contributed by atoms with Crippen molar-refractivity contribution in [1.82, 2.24) is 0 Å². The molecular formula is C16H17BrO. The van der Waals surface area contributed by atoms with E-state index in [2.05, 4.69) is 28.9 Å². The highest BCUT2D eigenvalue weighted by Gasteiger charge is 2.11. The number of rotatable bonds is 4. The molecule has 0 fully saturated rings. The minimum Gasteiger partial charge on any atom is -0.388 e. The molecule has 2 aromatic carbocycles. The average Bonchev–Trinajstić information content (AvgIpc) is 2.41. The number of aliphatic hydroxyl groups excluding tert-OH is 1. The molecule has 0 amide bonds. The van der Waals surface area contributed by atoms with Crippen molar-refractivity contribution in [3.05, 3.63) is 69.7 Å². The Morgan fingerprint density at radius 3 is 2.39 bits per heavy atom. The number of aliphatic hydroxyl groups is 1. The minimum atomic E-state index is -0.428. The van der Waals surface area contributed by atoms with Crippen molar-refractivity contribution in [2.75, 3.05) is 0 Å². The lowest BCUT2D eigenvalue weighted by molar-refractivity contribution is 0.177. The summed E-state index contributed by atoms with van der Waals surface area (Å²) in [7, 11) is 0. The first-order valence-corrected chi connectivity index (χ1v) is 7.00. The summed E-state index contributed by atoms with van der Waals surface area (Å²) in [5.41, 5.74) is 3.42. The van der Waals surface area contributed by atoms with Crippen LogP contribution in [-0.2, 0) is 12.8 Å². The Kier molecular flexibility index (Phi) is 4.56. The van der Waals surface area contributed by atoms with Gasteiger partial charge in [0.2, 0.25) is 0 Å². The number of halogens is 1. The lowest BCUT2D eigenvalue weighted by Gasteiger charge is -2.15. The first-order chi connectivity index (χ1) is 8.70. The standard InChI is InChI=1S/C16H17BrO/c1-2-13-5-3-4-6-15(13)16(18)11-12-7-9-14(17)10-8-12/h3-10,16,18H,2,11H2,1H3. The summed E-state index contributed by atoms with van der Waals surface area (Å²) in [4.78, 5) is 0. The summed E-state index contributed by atoms with van der Waals surface area (Å²) >= 11 is 3.42. The number of benzene rings is 2. The maximum atomic E-state index is 10.3. The summed E-state index contributed by atoms with van der Waals surface area (Å²) < 4.78 is 1.06. The molecule has 0 heterocycles. The van der Waals surface area contributed by atoms with E-state index in [1.54, 1.807) is 0 Å². The normalized spacial score (nSPS) is 12.4. The minimum absolute atomic E-state index is 0.428. The predicted octanol–water partition coefficient (Wildman–Crippen LogP) is 4.29. The van der Waals surface area contributed by atoms with Crippen LogP contribution in [0.25, 0.3) is 0 Å². The Bertz CT molecular complexity index is 505. The van der Waals surface area contributed by atoms with Crippen LogP contribution in [0.15, 0.2) is 53.0 Å². The summed E-state index contributed by atoms with van der Waals surface area (Å²) in [5.74, 6) is 0. The average molecular weight is 305 g/mol. The van der Waals surface area contributed by atoms with Crippen molar-refractivity contribution >= 4 is 15.9 Å². The zero-order valence-electron chi connectivity index (χ0n) is 10.4. The second-order valence-corrected chi connectivity index (χ2v) is 5.31. The molecule has 0 aliphatic rings.